The predicted molar refractivity (Wildman–Crippen MR) is 65.1 cm³/mol. The molecule has 15 heavy (non-hydrogen) atoms. The van der Waals surface area contributed by atoms with Gasteiger partial charge in [-0.05, 0) is 13.3 Å². The van der Waals surface area contributed by atoms with Crippen LogP contribution in [0.4, 0.5) is 0 Å². The van der Waals surface area contributed by atoms with E-state index in [1.165, 1.54) is 0 Å². The second-order valence-corrected chi connectivity index (χ2v) is 4.08. The number of allylic oxidation sites excluding steroid dienone is 1. The second kappa shape index (κ2) is 9.71. The van der Waals surface area contributed by atoms with E-state index in [0.717, 1.165) is 6.42 Å². The minimum Gasteiger partial charge on any atom is -0.478 e. The molecule has 0 aromatic carbocycles. The Morgan fingerprint density at radius 3 is 1.73 bits per heavy atom. The molecule has 0 fully saturated rings. The summed E-state index contributed by atoms with van der Waals surface area (Å²) in [6.07, 6.45) is 2.47. The van der Waals surface area contributed by atoms with Gasteiger partial charge in [0.25, 0.3) is 0 Å². The molecule has 0 rings (SSSR count). The normalized spacial score (nSPS) is 11.3. The van der Waals surface area contributed by atoms with E-state index in [1.807, 2.05) is 6.92 Å². The Kier molecular flexibility index (Phi) is 10.7. The summed E-state index contributed by atoms with van der Waals surface area (Å²) in [6.45, 7) is 12.1. The third-order valence-corrected chi connectivity index (χ3v) is 1.51. The van der Waals surface area contributed by atoms with E-state index in [9.17, 15) is 4.79 Å². The van der Waals surface area contributed by atoms with Gasteiger partial charge in [0.1, 0.15) is 0 Å². The van der Waals surface area contributed by atoms with Crippen LogP contribution in [0, 0.1) is 0 Å². The molecular weight excluding hydrogens is 190 g/mol. The molecular formula is C12H25NO2. The lowest BCUT2D eigenvalue weighted by Crippen LogP contribution is -2.29. The molecule has 3 nitrogen and oxygen atoms in total. The summed E-state index contributed by atoms with van der Waals surface area (Å²) in [5.41, 5.74) is 0.424. The Hall–Kier alpha value is -0.830. The molecule has 0 heterocycles. The molecule has 0 saturated heterocycles. The molecule has 0 unspecified atom stereocenters. The molecule has 0 aliphatic rings. The molecule has 0 atom stereocenters. The Morgan fingerprint density at radius 1 is 1.27 bits per heavy atom. The zero-order valence-corrected chi connectivity index (χ0v) is 10.8. The highest BCUT2D eigenvalue weighted by Crippen LogP contribution is 1.92. The lowest BCUT2D eigenvalue weighted by molar-refractivity contribution is -0.132. The third-order valence-electron chi connectivity index (χ3n) is 1.51. The number of hydrogen-bond acceptors (Lipinski definition) is 2. The van der Waals surface area contributed by atoms with Crippen molar-refractivity contribution in [2.75, 3.05) is 0 Å². The minimum absolute atomic E-state index is 0.424. The fourth-order valence-electron chi connectivity index (χ4n) is 1.06. The summed E-state index contributed by atoms with van der Waals surface area (Å²) in [7, 11) is 0. The average Bonchev–Trinajstić information content (AvgIpc) is 2.02. The van der Waals surface area contributed by atoms with E-state index in [1.54, 1.807) is 13.0 Å². The average molecular weight is 215 g/mol. The Bertz CT molecular complexity index is 190. The lowest BCUT2D eigenvalue weighted by atomic mass is 10.2. The van der Waals surface area contributed by atoms with Crippen molar-refractivity contribution in [1.29, 1.82) is 0 Å². The smallest absolute Gasteiger partial charge is 0.330 e. The summed E-state index contributed by atoms with van der Waals surface area (Å²) in [5.74, 6) is -0.827. The Balaban J connectivity index is 0. The first-order valence-corrected chi connectivity index (χ1v) is 5.47. The van der Waals surface area contributed by atoms with Crippen LogP contribution < -0.4 is 5.32 Å². The van der Waals surface area contributed by atoms with Gasteiger partial charge in [0.05, 0.1) is 0 Å². The van der Waals surface area contributed by atoms with Gasteiger partial charge >= 0.3 is 5.97 Å². The first-order valence-electron chi connectivity index (χ1n) is 5.47. The number of carboxylic acids is 1. The molecule has 0 saturated carbocycles. The van der Waals surface area contributed by atoms with Crippen LogP contribution in [0.2, 0.25) is 0 Å². The number of hydrogen-bond donors (Lipinski definition) is 2. The van der Waals surface area contributed by atoms with Gasteiger partial charge in [-0.1, -0.05) is 40.7 Å². The van der Waals surface area contributed by atoms with Crippen LogP contribution in [-0.2, 0) is 4.79 Å². The summed E-state index contributed by atoms with van der Waals surface area (Å²) in [6, 6.07) is 1.25. The van der Waals surface area contributed by atoms with Crippen LogP contribution in [0.25, 0.3) is 0 Å². The van der Waals surface area contributed by atoms with Crippen molar-refractivity contribution in [2.45, 2.75) is 60.0 Å². The predicted octanol–water partition coefficient (Wildman–Crippen LogP) is 2.82. The molecule has 0 aromatic rings. The molecule has 0 aromatic heterocycles. The van der Waals surface area contributed by atoms with Crippen LogP contribution in [0.1, 0.15) is 48.0 Å². The highest BCUT2D eigenvalue weighted by Gasteiger charge is 1.95. The van der Waals surface area contributed by atoms with Gasteiger partial charge in [-0.2, -0.15) is 0 Å². The number of rotatable bonds is 4. The van der Waals surface area contributed by atoms with Crippen molar-refractivity contribution in [3.8, 4) is 0 Å². The molecule has 0 radical (unpaired) electrons. The number of carboxylic acid groups (broad SMARTS) is 1. The van der Waals surface area contributed by atoms with Gasteiger partial charge in [-0.15, -0.1) is 0 Å². The molecule has 2 N–H and O–H groups in total. The standard InChI is InChI=1S/C6H15N.C6H10O2/c1-5(2)7-6(3)4;1-3-4-5(2)6(7)8/h5-7H,1-4H3;4H,3H2,1-2H3,(H,7,8)/b;5-4+. The largest absolute Gasteiger partial charge is 0.478 e. The molecule has 0 aliphatic carbocycles. The summed E-state index contributed by atoms with van der Waals surface area (Å²) < 4.78 is 0. The van der Waals surface area contributed by atoms with Crippen molar-refractivity contribution in [3.05, 3.63) is 11.6 Å². The van der Waals surface area contributed by atoms with Crippen LogP contribution in [-0.4, -0.2) is 23.2 Å². The number of carbonyl (C=O) groups is 1. The highest BCUT2D eigenvalue weighted by molar-refractivity contribution is 5.85. The number of aliphatic carboxylic acids is 1. The van der Waals surface area contributed by atoms with Crippen LogP contribution in [0.15, 0.2) is 11.6 Å². The second-order valence-electron chi connectivity index (χ2n) is 4.08. The fourth-order valence-corrected chi connectivity index (χ4v) is 1.06. The zero-order valence-electron chi connectivity index (χ0n) is 10.8. The van der Waals surface area contributed by atoms with Crippen LogP contribution >= 0.6 is 0 Å². The zero-order chi connectivity index (χ0) is 12.4. The summed E-state index contributed by atoms with van der Waals surface area (Å²) in [5, 5.41) is 11.6. The van der Waals surface area contributed by atoms with Gasteiger partial charge in [-0.25, -0.2) is 4.79 Å². The van der Waals surface area contributed by atoms with E-state index in [4.69, 9.17) is 5.11 Å². The maximum atomic E-state index is 10.0. The SMILES string of the molecule is CC(C)NC(C)C.CC/C=C(\C)C(=O)O. The van der Waals surface area contributed by atoms with Crippen molar-refractivity contribution >= 4 is 5.97 Å². The lowest BCUT2D eigenvalue weighted by Gasteiger charge is -2.10. The van der Waals surface area contributed by atoms with E-state index < -0.39 is 5.97 Å². The van der Waals surface area contributed by atoms with Crippen molar-refractivity contribution in [1.82, 2.24) is 5.32 Å². The fraction of sp³-hybridized carbons (Fsp3) is 0.750. The molecule has 0 bridgehead atoms. The number of nitrogens with one attached hydrogen (secondary N) is 1. The van der Waals surface area contributed by atoms with E-state index in [0.29, 0.717) is 17.7 Å². The maximum absolute atomic E-state index is 10.0. The van der Waals surface area contributed by atoms with Gasteiger partial charge in [0.15, 0.2) is 0 Å². The van der Waals surface area contributed by atoms with Crippen LogP contribution in [0.3, 0.4) is 0 Å². The molecule has 0 amide bonds. The van der Waals surface area contributed by atoms with Gasteiger partial charge < -0.3 is 10.4 Å². The first kappa shape index (κ1) is 16.6. The maximum Gasteiger partial charge on any atom is 0.330 e. The van der Waals surface area contributed by atoms with Crippen molar-refractivity contribution in [2.24, 2.45) is 0 Å². The van der Waals surface area contributed by atoms with E-state index in [-0.39, 0.29) is 0 Å². The highest BCUT2D eigenvalue weighted by atomic mass is 16.4. The molecule has 3 heteroatoms. The van der Waals surface area contributed by atoms with Crippen LogP contribution in [0.5, 0.6) is 0 Å². The van der Waals surface area contributed by atoms with E-state index >= 15 is 0 Å². The van der Waals surface area contributed by atoms with Gasteiger partial charge in [0, 0.05) is 17.7 Å². The summed E-state index contributed by atoms with van der Waals surface area (Å²) >= 11 is 0. The molecule has 0 spiro atoms. The Labute approximate surface area is 93.6 Å². The quantitative estimate of drug-likeness (QED) is 0.709. The molecule has 90 valence electrons. The minimum atomic E-state index is -0.827. The van der Waals surface area contributed by atoms with Crippen molar-refractivity contribution < 1.29 is 9.90 Å². The van der Waals surface area contributed by atoms with Crippen molar-refractivity contribution in [3.63, 3.8) is 0 Å². The Morgan fingerprint density at radius 2 is 1.67 bits per heavy atom. The first-order chi connectivity index (χ1) is 6.81. The van der Waals surface area contributed by atoms with Gasteiger partial charge in [0.2, 0.25) is 0 Å². The topological polar surface area (TPSA) is 49.3 Å². The molecule has 0 aliphatic heterocycles. The monoisotopic (exact) mass is 215 g/mol. The third kappa shape index (κ3) is 15.9. The van der Waals surface area contributed by atoms with Gasteiger partial charge in [-0.3, -0.25) is 0 Å². The van der Waals surface area contributed by atoms with E-state index in [2.05, 4.69) is 33.0 Å². The summed E-state index contributed by atoms with van der Waals surface area (Å²) in [4.78, 5) is 10.0.